The van der Waals surface area contributed by atoms with Gasteiger partial charge in [0.15, 0.2) is 0 Å². The summed E-state index contributed by atoms with van der Waals surface area (Å²) in [4.78, 5) is 9.00. The van der Waals surface area contributed by atoms with Gasteiger partial charge in [0.25, 0.3) is 5.97 Å². The first kappa shape index (κ1) is 10.4. The van der Waals surface area contributed by atoms with Crippen molar-refractivity contribution in [2.75, 3.05) is 19.8 Å². The Hall–Kier alpha value is -0.610. The standard InChI is InChI=1S/C5H10O2.C2H4O2/c1-5-4-6-2-3-7-5;1-2(3)4/h5H,2-4H2,1H3;1H3,(H,3,4). The predicted molar refractivity (Wildman–Crippen MR) is 39.5 cm³/mol. The fourth-order valence-electron chi connectivity index (χ4n) is 0.606. The van der Waals surface area contributed by atoms with Crippen molar-refractivity contribution in [3.8, 4) is 0 Å². The van der Waals surface area contributed by atoms with E-state index < -0.39 is 5.97 Å². The van der Waals surface area contributed by atoms with Crippen LogP contribution in [0.5, 0.6) is 0 Å². The smallest absolute Gasteiger partial charge is 0.300 e. The summed E-state index contributed by atoms with van der Waals surface area (Å²) in [6, 6.07) is 0. The highest BCUT2D eigenvalue weighted by atomic mass is 16.6. The number of aliphatic carboxylic acids is 1. The van der Waals surface area contributed by atoms with Gasteiger partial charge >= 0.3 is 0 Å². The number of hydrogen-bond acceptors (Lipinski definition) is 3. The molecule has 0 aromatic heterocycles. The minimum absolute atomic E-state index is 0.314. The van der Waals surface area contributed by atoms with Crippen LogP contribution in [0.1, 0.15) is 13.8 Å². The van der Waals surface area contributed by atoms with E-state index in [9.17, 15) is 0 Å². The molecule has 1 atom stereocenters. The minimum atomic E-state index is -0.833. The largest absolute Gasteiger partial charge is 0.481 e. The Kier molecular flexibility index (Phi) is 5.78. The molecule has 1 heterocycles. The van der Waals surface area contributed by atoms with Gasteiger partial charge in [0, 0.05) is 6.92 Å². The van der Waals surface area contributed by atoms with Crippen molar-refractivity contribution in [2.45, 2.75) is 20.0 Å². The molecule has 0 aromatic rings. The predicted octanol–water partition coefficient (Wildman–Crippen LogP) is 0.513. The fourth-order valence-corrected chi connectivity index (χ4v) is 0.606. The minimum Gasteiger partial charge on any atom is -0.481 e. The van der Waals surface area contributed by atoms with Crippen LogP contribution in [0.4, 0.5) is 0 Å². The van der Waals surface area contributed by atoms with Crippen LogP contribution in [-0.4, -0.2) is 37.0 Å². The molecular weight excluding hydrogens is 148 g/mol. The topological polar surface area (TPSA) is 55.8 Å². The van der Waals surface area contributed by atoms with Gasteiger partial charge in [-0.05, 0) is 6.92 Å². The molecule has 4 heteroatoms. The van der Waals surface area contributed by atoms with Crippen molar-refractivity contribution in [3.05, 3.63) is 0 Å². The SMILES string of the molecule is CC(=O)O.CC1COCCO1. The van der Waals surface area contributed by atoms with Crippen LogP contribution >= 0.6 is 0 Å². The lowest BCUT2D eigenvalue weighted by molar-refractivity contribution is -0.134. The summed E-state index contributed by atoms with van der Waals surface area (Å²) in [6.45, 7) is 5.39. The summed E-state index contributed by atoms with van der Waals surface area (Å²) in [5.41, 5.74) is 0. The fraction of sp³-hybridized carbons (Fsp3) is 0.857. The van der Waals surface area contributed by atoms with Crippen LogP contribution < -0.4 is 0 Å². The highest BCUT2D eigenvalue weighted by molar-refractivity contribution is 5.62. The van der Waals surface area contributed by atoms with E-state index in [-0.39, 0.29) is 0 Å². The second kappa shape index (κ2) is 6.12. The number of ether oxygens (including phenoxy) is 2. The van der Waals surface area contributed by atoms with E-state index in [1.165, 1.54) is 0 Å². The molecule has 0 aliphatic carbocycles. The third-order valence-corrected chi connectivity index (χ3v) is 0.983. The molecule has 1 saturated heterocycles. The number of rotatable bonds is 0. The summed E-state index contributed by atoms with van der Waals surface area (Å²) in [5, 5.41) is 7.42. The zero-order chi connectivity index (χ0) is 8.69. The van der Waals surface area contributed by atoms with E-state index in [0.717, 1.165) is 26.7 Å². The van der Waals surface area contributed by atoms with E-state index in [2.05, 4.69) is 0 Å². The van der Waals surface area contributed by atoms with Crippen molar-refractivity contribution in [3.63, 3.8) is 0 Å². The molecule has 1 fully saturated rings. The van der Waals surface area contributed by atoms with Crippen molar-refractivity contribution in [1.82, 2.24) is 0 Å². The molecule has 1 N–H and O–H groups in total. The average molecular weight is 162 g/mol. The maximum atomic E-state index is 9.00. The van der Waals surface area contributed by atoms with Crippen LogP contribution in [0.15, 0.2) is 0 Å². The molecule has 11 heavy (non-hydrogen) atoms. The van der Waals surface area contributed by atoms with Gasteiger partial charge in [-0.25, -0.2) is 0 Å². The van der Waals surface area contributed by atoms with E-state index in [4.69, 9.17) is 19.4 Å². The molecule has 0 amide bonds. The summed E-state index contributed by atoms with van der Waals surface area (Å²) >= 11 is 0. The van der Waals surface area contributed by atoms with Gasteiger partial charge in [-0.15, -0.1) is 0 Å². The van der Waals surface area contributed by atoms with Gasteiger partial charge in [-0.3, -0.25) is 4.79 Å². The third kappa shape index (κ3) is 9.39. The molecule has 1 aliphatic rings. The molecule has 4 nitrogen and oxygen atoms in total. The van der Waals surface area contributed by atoms with E-state index in [1.807, 2.05) is 6.92 Å². The van der Waals surface area contributed by atoms with Crippen LogP contribution in [0.3, 0.4) is 0 Å². The monoisotopic (exact) mass is 162 g/mol. The van der Waals surface area contributed by atoms with Gasteiger partial charge in [0.1, 0.15) is 0 Å². The molecule has 0 spiro atoms. The Morgan fingerprint density at radius 3 is 2.27 bits per heavy atom. The molecule has 0 radical (unpaired) electrons. The molecule has 0 saturated carbocycles. The Bertz CT molecular complexity index is 103. The van der Waals surface area contributed by atoms with Gasteiger partial charge in [-0.1, -0.05) is 0 Å². The lowest BCUT2D eigenvalue weighted by atomic mass is 10.4. The first-order valence-corrected chi connectivity index (χ1v) is 3.52. The quantitative estimate of drug-likeness (QED) is 0.564. The normalized spacial score (nSPS) is 23.3. The summed E-state index contributed by atoms with van der Waals surface area (Å²) in [7, 11) is 0. The lowest BCUT2D eigenvalue weighted by Gasteiger charge is -2.18. The number of carboxylic acid groups (broad SMARTS) is 1. The lowest BCUT2D eigenvalue weighted by Crippen LogP contribution is -2.25. The second-order valence-electron chi connectivity index (χ2n) is 2.28. The maximum Gasteiger partial charge on any atom is 0.300 e. The molecule has 0 bridgehead atoms. The Morgan fingerprint density at radius 2 is 2.09 bits per heavy atom. The highest BCUT2D eigenvalue weighted by Gasteiger charge is 2.06. The zero-order valence-electron chi connectivity index (χ0n) is 6.87. The van der Waals surface area contributed by atoms with Crippen LogP contribution in [0.25, 0.3) is 0 Å². The van der Waals surface area contributed by atoms with Crippen molar-refractivity contribution < 1.29 is 19.4 Å². The Labute approximate surface area is 66.1 Å². The van der Waals surface area contributed by atoms with E-state index in [1.54, 1.807) is 0 Å². The second-order valence-corrected chi connectivity index (χ2v) is 2.28. The van der Waals surface area contributed by atoms with E-state index >= 15 is 0 Å². The zero-order valence-corrected chi connectivity index (χ0v) is 6.87. The van der Waals surface area contributed by atoms with E-state index in [0.29, 0.717) is 6.10 Å². The average Bonchev–Trinajstić information content (AvgIpc) is 1.87. The number of carbonyl (C=O) groups is 1. The van der Waals surface area contributed by atoms with Crippen molar-refractivity contribution in [1.29, 1.82) is 0 Å². The van der Waals surface area contributed by atoms with Gasteiger partial charge < -0.3 is 14.6 Å². The van der Waals surface area contributed by atoms with Gasteiger partial charge in [-0.2, -0.15) is 0 Å². The summed E-state index contributed by atoms with van der Waals surface area (Å²) in [6.07, 6.45) is 0.314. The highest BCUT2D eigenvalue weighted by Crippen LogP contribution is 1.96. The first-order valence-electron chi connectivity index (χ1n) is 3.52. The van der Waals surface area contributed by atoms with Crippen LogP contribution in [0, 0.1) is 0 Å². The van der Waals surface area contributed by atoms with Crippen LogP contribution in [0.2, 0.25) is 0 Å². The molecule has 1 unspecified atom stereocenters. The van der Waals surface area contributed by atoms with Gasteiger partial charge in [0.2, 0.25) is 0 Å². The number of hydrogen-bond donors (Lipinski definition) is 1. The molecular formula is C7H14O4. The summed E-state index contributed by atoms with van der Waals surface area (Å²) < 4.78 is 10.2. The van der Waals surface area contributed by atoms with Crippen LogP contribution in [-0.2, 0) is 14.3 Å². The molecule has 66 valence electrons. The van der Waals surface area contributed by atoms with Gasteiger partial charge in [0.05, 0.1) is 25.9 Å². The molecule has 1 aliphatic heterocycles. The number of carboxylic acids is 1. The summed E-state index contributed by atoms with van der Waals surface area (Å²) in [5.74, 6) is -0.833. The Morgan fingerprint density at radius 1 is 1.55 bits per heavy atom. The maximum absolute atomic E-state index is 9.00. The molecule has 0 aromatic carbocycles. The third-order valence-electron chi connectivity index (χ3n) is 0.983. The first-order chi connectivity index (χ1) is 5.13. The molecule has 1 rings (SSSR count). The van der Waals surface area contributed by atoms with Crippen molar-refractivity contribution in [2.24, 2.45) is 0 Å². The van der Waals surface area contributed by atoms with Crippen molar-refractivity contribution >= 4 is 5.97 Å². The Balaban J connectivity index is 0.000000218.